The Kier molecular flexibility index (Phi) is 6.56. The molecular weight excluding hydrogens is 320 g/mol. The number of ether oxygens (including phenoxy) is 1. The molecule has 0 radical (unpaired) electrons. The summed E-state index contributed by atoms with van der Waals surface area (Å²) in [5.74, 6) is -0.616. The maximum Gasteiger partial charge on any atom is 0.311 e. The van der Waals surface area contributed by atoms with Gasteiger partial charge in [-0.05, 0) is 37.5 Å². The lowest BCUT2D eigenvalue weighted by molar-refractivity contribution is -0.156. The predicted molar refractivity (Wildman–Crippen MR) is 94.8 cm³/mol. The van der Waals surface area contributed by atoms with E-state index in [1.807, 2.05) is 26.0 Å². The van der Waals surface area contributed by atoms with Crippen molar-refractivity contribution in [3.05, 3.63) is 29.8 Å². The van der Waals surface area contributed by atoms with E-state index in [0.717, 1.165) is 18.4 Å². The van der Waals surface area contributed by atoms with E-state index in [-0.39, 0.29) is 23.7 Å². The van der Waals surface area contributed by atoms with E-state index in [1.54, 1.807) is 17.0 Å². The number of hydrogen-bond donors (Lipinski definition) is 1. The Morgan fingerprint density at radius 2 is 2.12 bits per heavy atom. The minimum Gasteiger partial charge on any atom is -0.458 e. The molecule has 2 atom stereocenters. The third-order valence-electron chi connectivity index (χ3n) is 4.38. The summed E-state index contributed by atoms with van der Waals surface area (Å²) in [7, 11) is 0. The molecular formula is C19H26N2O4. The fourth-order valence-electron chi connectivity index (χ4n) is 3.03. The van der Waals surface area contributed by atoms with E-state index in [4.69, 9.17) is 4.74 Å². The number of carbonyl (C=O) groups excluding carboxylic acids is 3. The SMILES string of the molecule is CCC(=O)N1CCC[C@H](C(=O)O[C@H](C)c2cccc(NC(C)=O)c2)C1. The Morgan fingerprint density at radius 3 is 2.80 bits per heavy atom. The van der Waals surface area contributed by atoms with Crippen molar-refractivity contribution in [2.75, 3.05) is 18.4 Å². The molecule has 0 unspecified atom stereocenters. The maximum atomic E-state index is 12.5. The van der Waals surface area contributed by atoms with Crippen LogP contribution in [0.25, 0.3) is 0 Å². The van der Waals surface area contributed by atoms with Crippen molar-refractivity contribution in [3.8, 4) is 0 Å². The highest BCUT2D eigenvalue weighted by atomic mass is 16.5. The van der Waals surface area contributed by atoms with E-state index < -0.39 is 6.10 Å². The second kappa shape index (κ2) is 8.65. The van der Waals surface area contributed by atoms with Crippen molar-refractivity contribution in [1.29, 1.82) is 0 Å². The van der Waals surface area contributed by atoms with Crippen molar-refractivity contribution in [2.24, 2.45) is 5.92 Å². The number of amides is 2. The van der Waals surface area contributed by atoms with Crippen LogP contribution in [0.5, 0.6) is 0 Å². The minimum atomic E-state index is -0.418. The lowest BCUT2D eigenvalue weighted by atomic mass is 9.97. The highest BCUT2D eigenvalue weighted by Gasteiger charge is 2.30. The van der Waals surface area contributed by atoms with Crippen LogP contribution in [0.2, 0.25) is 0 Å². The first-order valence-corrected chi connectivity index (χ1v) is 8.76. The van der Waals surface area contributed by atoms with Crippen LogP contribution in [0.3, 0.4) is 0 Å². The highest BCUT2D eigenvalue weighted by Crippen LogP contribution is 2.24. The molecule has 1 fully saturated rings. The molecule has 0 bridgehead atoms. The molecule has 2 amide bonds. The lowest BCUT2D eigenvalue weighted by Gasteiger charge is -2.32. The Labute approximate surface area is 148 Å². The Bertz CT molecular complexity index is 644. The van der Waals surface area contributed by atoms with Gasteiger partial charge < -0.3 is 15.0 Å². The summed E-state index contributed by atoms with van der Waals surface area (Å²) in [5, 5.41) is 2.72. The lowest BCUT2D eigenvalue weighted by Crippen LogP contribution is -2.42. The van der Waals surface area contributed by atoms with Crippen molar-refractivity contribution in [1.82, 2.24) is 4.90 Å². The van der Waals surface area contributed by atoms with Crippen molar-refractivity contribution in [3.63, 3.8) is 0 Å². The van der Waals surface area contributed by atoms with Gasteiger partial charge in [-0.2, -0.15) is 0 Å². The molecule has 0 aromatic heterocycles. The number of nitrogens with one attached hydrogen (secondary N) is 1. The second-order valence-corrected chi connectivity index (χ2v) is 6.42. The predicted octanol–water partition coefficient (Wildman–Crippen LogP) is 2.90. The number of esters is 1. The molecule has 1 heterocycles. The van der Waals surface area contributed by atoms with E-state index in [1.165, 1.54) is 6.92 Å². The van der Waals surface area contributed by atoms with Crippen LogP contribution in [0.15, 0.2) is 24.3 Å². The van der Waals surface area contributed by atoms with Gasteiger partial charge in [0.1, 0.15) is 6.10 Å². The molecule has 1 aliphatic heterocycles. The molecule has 1 N–H and O–H groups in total. The zero-order valence-electron chi connectivity index (χ0n) is 15.1. The van der Waals surface area contributed by atoms with Crippen LogP contribution in [-0.4, -0.2) is 35.8 Å². The Balaban J connectivity index is 1.97. The van der Waals surface area contributed by atoms with Crippen molar-refractivity contribution in [2.45, 2.75) is 46.1 Å². The van der Waals surface area contributed by atoms with Crippen molar-refractivity contribution >= 4 is 23.5 Å². The normalized spacial score (nSPS) is 18.4. The third-order valence-corrected chi connectivity index (χ3v) is 4.38. The molecule has 1 aliphatic rings. The molecule has 1 aromatic carbocycles. The second-order valence-electron chi connectivity index (χ2n) is 6.42. The summed E-state index contributed by atoms with van der Waals surface area (Å²) in [4.78, 5) is 37.2. The number of rotatable bonds is 5. The van der Waals surface area contributed by atoms with Crippen LogP contribution in [0.4, 0.5) is 5.69 Å². The molecule has 1 saturated heterocycles. The Morgan fingerprint density at radius 1 is 1.36 bits per heavy atom. The molecule has 2 rings (SSSR count). The number of nitrogens with zero attached hydrogens (tertiary/aromatic N) is 1. The van der Waals surface area contributed by atoms with Crippen LogP contribution in [-0.2, 0) is 19.1 Å². The monoisotopic (exact) mass is 346 g/mol. The first kappa shape index (κ1) is 19.0. The van der Waals surface area contributed by atoms with Crippen molar-refractivity contribution < 1.29 is 19.1 Å². The topological polar surface area (TPSA) is 75.7 Å². The van der Waals surface area contributed by atoms with E-state index in [0.29, 0.717) is 25.2 Å². The summed E-state index contributed by atoms with van der Waals surface area (Å²) >= 11 is 0. The zero-order chi connectivity index (χ0) is 18.4. The van der Waals surface area contributed by atoms with Gasteiger partial charge in [-0.1, -0.05) is 19.1 Å². The Hall–Kier alpha value is -2.37. The first-order chi connectivity index (χ1) is 11.9. The smallest absolute Gasteiger partial charge is 0.311 e. The zero-order valence-corrected chi connectivity index (χ0v) is 15.1. The first-order valence-electron chi connectivity index (χ1n) is 8.76. The minimum absolute atomic E-state index is 0.0774. The number of piperidine rings is 1. The summed E-state index contributed by atoms with van der Waals surface area (Å²) in [6.45, 7) is 6.23. The number of carbonyl (C=O) groups is 3. The van der Waals surface area contributed by atoms with Crippen LogP contribution in [0.1, 0.15) is 51.7 Å². The van der Waals surface area contributed by atoms with Gasteiger partial charge in [-0.25, -0.2) is 0 Å². The van der Waals surface area contributed by atoms with Gasteiger partial charge in [-0.15, -0.1) is 0 Å². The fraction of sp³-hybridized carbons (Fsp3) is 0.526. The maximum absolute atomic E-state index is 12.5. The summed E-state index contributed by atoms with van der Waals surface area (Å²) < 4.78 is 5.61. The van der Waals surface area contributed by atoms with E-state index >= 15 is 0 Å². The summed E-state index contributed by atoms with van der Waals surface area (Å²) in [5.41, 5.74) is 1.49. The number of benzene rings is 1. The molecule has 25 heavy (non-hydrogen) atoms. The molecule has 6 nitrogen and oxygen atoms in total. The largest absolute Gasteiger partial charge is 0.458 e. The molecule has 0 spiro atoms. The quantitative estimate of drug-likeness (QED) is 0.832. The number of anilines is 1. The van der Waals surface area contributed by atoms with Gasteiger partial charge in [0.15, 0.2) is 0 Å². The summed E-state index contributed by atoms with van der Waals surface area (Å²) in [6.07, 6.45) is 1.59. The molecule has 136 valence electrons. The van der Waals surface area contributed by atoms with E-state index in [9.17, 15) is 14.4 Å². The third kappa shape index (κ3) is 5.31. The fourth-order valence-corrected chi connectivity index (χ4v) is 3.03. The molecule has 0 aliphatic carbocycles. The van der Waals surface area contributed by atoms with Crippen LogP contribution >= 0.6 is 0 Å². The van der Waals surface area contributed by atoms with Gasteiger partial charge in [-0.3, -0.25) is 14.4 Å². The van der Waals surface area contributed by atoms with Gasteiger partial charge in [0.25, 0.3) is 0 Å². The number of likely N-dealkylation sites (tertiary alicyclic amines) is 1. The van der Waals surface area contributed by atoms with Crippen LogP contribution in [0, 0.1) is 5.92 Å². The van der Waals surface area contributed by atoms with Gasteiger partial charge >= 0.3 is 5.97 Å². The summed E-state index contributed by atoms with van der Waals surface area (Å²) in [6, 6.07) is 7.26. The average Bonchev–Trinajstić information content (AvgIpc) is 2.60. The highest BCUT2D eigenvalue weighted by molar-refractivity contribution is 5.88. The van der Waals surface area contributed by atoms with Crippen LogP contribution < -0.4 is 5.32 Å². The van der Waals surface area contributed by atoms with Gasteiger partial charge in [0.2, 0.25) is 11.8 Å². The number of hydrogen-bond acceptors (Lipinski definition) is 4. The van der Waals surface area contributed by atoms with Gasteiger partial charge in [0, 0.05) is 32.1 Å². The standard InChI is InChI=1S/C19H26N2O4/c1-4-18(23)21-10-6-8-16(12-21)19(24)25-13(2)15-7-5-9-17(11-15)20-14(3)22/h5,7,9,11,13,16H,4,6,8,10,12H2,1-3H3,(H,20,22)/t13-,16+/m1/s1. The van der Waals surface area contributed by atoms with Gasteiger partial charge in [0.05, 0.1) is 5.92 Å². The average molecular weight is 346 g/mol. The molecule has 1 aromatic rings. The van der Waals surface area contributed by atoms with E-state index in [2.05, 4.69) is 5.32 Å². The molecule has 6 heteroatoms. The molecule has 0 saturated carbocycles.